The van der Waals surface area contributed by atoms with Gasteiger partial charge in [0, 0.05) is 0 Å². The van der Waals surface area contributed by atoms with Crippen molar-refractivity contribution >= 4 is 10.1 Å². The molecule has 0 radical (unpaired) electrons. The molecule has 0 spiro atoms. The van der Waals surface area contributed by atoms with Crippen LogP contribution in [0, 0.1) is 0 Å². The Kier molecular flexibility index (Phi) is 10.4. The molecule has 3 nitrogen and oxygen atoms in total. The molecule has 0 aromatic carbocycles. The minimum Gasteiger partial charge on any atom is -0.282 e. The van der Waals surface area contributed by atoms with Crippen LogP contribution in [0.5, 0.6) is 0 Å². The quantitative estimate of drug-likeness (QED) is 0.439. The van der Waals surface area contributed by atoms with Gasteiger partial charge in [0.2, 0.25) is 0 Å². The standard InChI is InChI=1S/C14H28O3S/c1-3-5-6-7-8-9-10-11-12-13-14(4-2)18(15,16)17/h4H,3,5-13H2,1-2H3,(H,15,16,17)/b14-4+. The van der Waals surface area contributed by atoms with Crippen molar-refractivity contribution in [1.29, 1.82) is 0 Å². The fraction of sp³-hybridized carbons (Fsp3) is 0.857. The second-order valence-electron chi connectivity index (χ2n) is 4.81. The maximum atomic E-state index is 10.9. The van der Waals surface area contributed by atoms with E-state index in [0.717, 1.165) is 19.3 Å². The van der Waals surface area contributed by atoms with E-state index in [2.05, 4.69) is 6.92 Å². The van der Waals surface area contributed by atoms with E-state index in [1.54, 1.807) is 6.92 Å². The summed E-state index contributed by atoms with van der Waals surface area (Å²) in [5, 5.41) is 0. The Labute approximate surface area is 112 Å². The predicted octanol–water partition coefficient (Wildman–Crippen LogP) is 4.70. The van der Waals surface area contributed by atoms with E-state index in [4.69, 9.17) is 4.55 Å². The Balaban J connectivity index is 3.46. The van der Waals surface area contributed by atoms with Crippen molar-refractivity contribution in [3.8, 4) is 0 Å². The Morgan fingerprint density at radius 1 is 0.944 bits per heavy atom. The topological polar surface area (TPSA) is 54.4 Å². The summed E-state index contributed by atoms with van der Waals surface area (Å²) in [7, 11) is -3.96. The number of unbranched alkanes of at least 4 members (excludes halogenated alkanes) is 8. The third-order valence-electron chi connectivity index (χ3n) is 3.18. The average molecular weight is 276 g/mol. The molecule has 0 atom stereocenters. The van der Waals surface area contributed by atoms with Crippen molar-refractivity contribution in [2.75, 3.05) is 0 Å². The molecule has 0 aliphatic carbocycles. The van der Waals surface area contributed by atoms with Crippen molar-refractivity contribution in [3.63, 3.8) is 0 Å². The Morgan fingerprint density at radius 3 is 1.78 bits per heavy atom. The molecule has 0 aliphatic rings. The zero-order valence-electron chi connectivity index (χ0n) is 11.8. The largest absolute Gasteiger partial charge is 0.290 e. The molecule has 0 aromatic rings. The van der Waals surface area contributed by atoms with Gasteiger partial charge in [0.25, 0.3) is 10.1 Å². The van der Waals surface area contributed by atoms with Gasteiger partial charge in [-0.05, 0) is 19.8 Å². The van der Waals surface area contributed by atoms with Crippen molar-refractivity contribution < 1.29 is 13.0 Å². The van der Waals surface area contributed by atoms with E-state index in [0.29, 0.717) is 6.42 Å². The zero-order valence-corrected chi connectivity index (χ0v) is 12.6. The number of hydrogen-bond acceptors (Lipinski definition) is 2. The van der Waals surface area contributed by atoms with Gasteiger partial charge in [-0.2, -0.15) is 8.42 Å². The molecule has 0 fully saturated rings. The molecule has 0 rings (SSSR count). The van der Waals surface area contributed by atoms with Crippen LogP contribution in [0.25, 0.3) is 0 Å². The van der Waals surface area contributed by atoms with Gasteiger partial charge in [-0.15, -0.1) is 0 Å². The lowest BCUT2D eigenvalue weighted by atomic mass is 10.1. The van der Waals surface area contributed by atoms with Gasteiger partial charge >= 0.3 is 0 Å². The summed E-state index contributed by atoms with van der Waals surface area (Å²) in [5.74, 6) is 0. The van der Waals surface area contributed by atoms with Crippen LogP contribution in [0.15, 0.2) is 11.0 Å². The SMILES string of the molecule is C/C=C(\CCCCCCCCCCC)S(=O)(=O)O. The van der Waals surface area contributed by atoms with Crippen molar-refractivity contribution in [2.24, 2.45) is 0 Å². The van der Waals surface area contributed by atoms with E-state index in [-0.39, 0.29) is 4.91 Å². The summed E-state index contributed by atoms with van der Waals surface area (Å²) in [5.41, 5.74) is 0. The third kappa shape index (κ3) is 9.66. The molecule has 0 heterocycles. The highest BCUT2D eigenvalue weighted by Crippen LogP contribution is 2.16. The molecule has 18 heavy (non-hydrogen) atoms. The molecular weight excluding hydrogens is 248 g/mol. The summed E-state index contributed by atoms with van der Waals surface area (Å²) in [6.07, 6.45) is 12.8. The molecule has 0 bridgehead atoms. The lowest BCUT2D eigenvalue weighted by molar-refractivity contribution is 0.487. The van der Waals surface area contributed by atoms with Gasteiger partial charge < -0.3 is 0 Å². The van der Waals surface area contributed by atoms with Gasteiger partial charge in [-0.1, -0.05) is 64.4 Å². The van der Waals surface area contributed by atoms with Crippen molar-refractivity contribution in [2.45, 2.75) is 78.1 Å². The number of rotatable bonds is 11. The third-order valence-corrected chi connectivity index (χ3v) is 4.28. The molecule has 1 N–H and O–H groups in total. The first-order valence-electron chi connectivity index (χ1n) is 7.15. The Bertz CT molecular complexity index is 318. The summed E-state index contributed by atoms with van der Waals surface area (Å²) in [4.78, 5) is 0.158. The predicted molar refractivity (Wildman–Crippen MR) is 77.1 cm³/mol. The van der Waals surface area contributed by atoms with Gasteiger partial charge in [0.05, 0.1) is 4.91 Å². The molecule has 0 amide bonds. The summed E-state index contributed by atoms with van der Waals surface area (Å²) in [6.45, 7) is 3.87. The monoisotopic (exact) mass is 276 g/mol. The zero-order chi connectivity index (χ0) is 13.9. The summed E-state index contributed by atoms with van der Waals surface area (Å²) < 4.78 is 30.7. The van der Waals surface area contributed by atoms with Crippen LogP contribution in [0.4, 0.5) is 0 Å². The Morgan fingerprint density at radius 2 is 1.39 bits per heavy atom. The van der Waals surface area contributed by atoms with Crippen LogP contribution in [0.3, 0.4) is 0 Å². The van der Waals surface area contributed by atoms with Gasteiger partial charge in [-0.25, -0.2) is 0 Å². The van der Waals surface area contributed by atoms with E-state index >= 15 is 0 Å². The van der Waals surface area contributed by atoms with Gasteiger partial charge in [0.15, 0.2) is 0 Å². The average Bonchev–Trinajstić information content (AvgIpc) is 2.30. The van der Waals surface area contributed by atoms with Crippen LogP contribution in [-0.4, -0.2) is 13.0 Å². The molecule has 0 unspecified atom stereocenters. The van der Waals surface area contributed by atoms with Crippen molar-refractivity contribution in [3.05, 3.63) is 11.0 Å². The normalized spacial score (nSPS) is 12.9. The first-order chi connectivity index (χ1) is 8.52. The fourth-order valence-electron chi connectivity index (χ4n) is 2.03. The molecule has 4 heteroatoms. The van der Waals surface area contributed by atoms with E-state index < -0.39 is 10.1 Å². The Hall–Kier alpha value is -0.350. The maximum absolute atomic E-state index is 10.9. The lowest BCUT2D eigenvalue weighted by Gasteiger charge is -2.04. The smallest absolute Gasteiger partial charge is 0.282 e. The molecule has 0 saturated heterocycles. The minimum absolute atomic E-state index is 0.158. The van der Waals surface area contributed by atoms with Gasteiger partial charge in [0.1, 0.15) is 0 Å². The second kappa shape index (κ2) is 10.6. The first-order valence-corrected chi connectivity index (χ1v) is 8.59. The highest BCUT2D eigenvalue weighted by atomic mass is 32.2. The van der Waals surface area contributed by atoms with Crippen LogP contribution in [0.1, 0.15) is 78.1 Å². The molecule has 108 valence electrons. The van der Waals surface area contributed by atoms with E-state index in [1.165, 1.54) is 44.6 Å². The fourth-order valence-corrected chi connectivity index (χ4v) is 2.73. The van der Waals surface area contributed by atoms with Gasteiger partial charge in [-0.3, -0.25) is 4.55 Å². The summed E-state index contributed by atoms with van der Waals surface area (Å²) >= 11 is 0. The van der Waals surface area contributed by atoms with E-state index in [1.807, 2.05) is 0 Å². The van der Waals surface area contributed by atoms with Crippen LogP contribution in [0.2, 0.25) is 0 Å². The molecule has 0 aromatic heterocycles. The minimum atomic E-state index is -3.96. The number of allylic oxidation sites excluding steroid dienone is 2. The maximum Gasteiger partial charge on any atom is 0.290 e. The van der Waals surface area contributed by atoms with Crippen molar-refractivity contribution in [1.82, 2.24) is 0 Å². The molecule has 0 aliphatic heterocycles. The lowest BCUT2D eigenvalue weighted by Crippen LogP contribution is -2.01. The molecular formula is C14H28O3S. The van der Waals surface area contributed by atoms with E-state index in [9.17, 15) is 8.42 Å². The highest BCUT2D eigenvalue weighted by Gasteiger charge is 2.11. The summed E-state index contributed by atoms with van der Waals surface area (Å²) in [6, 6.07) is 0. The first kappa shape index (κ1) is 17.6. The molecule has 0 saturated carbocycles. The second-order valence-corrected chi connectivity index (χ2v) is 6.28. The number of hydrogen-bond donors (Lipinski definition) is 1. The van der Waals surface area contributed by atoms with Crippen LogP contribution >= 0.6 is 0 Å². The van der Waals surface area contributed by atoms with Crippen LogP contribution in [-0.2, 0) is 10.1 Å². The van der Waals surface area contributed by atoms with Crippen LogP contribution < -0.4 is 0 Å². The highest BCUT2D eigenvalue weighted by molar-refractivity contribution is 7.89.